The first-order chi connectivity index (χ1) is 15.3. The Hall–Kier alpha value is -2.99. The van der Waals surface area contributed by atoms with Gasteiger partial charge in [-0.2, -0.15) is 0 Å². The Balaban J connectivity index is 1.83. The summed E-state index contributed by atoms with van der Waals surface area (Å²) in [5, 5.41) is 2.81. The monoisotopic (exact) mass is 492 g/mol. The summed E-state index contributed by atoms with van der Waals surface area (Å²) in [7, 11) is 0. The number of carbonyl (C=O) groups excluding carboxylic acids is 2. The summed E-state index contributed by atoms with van der Waals surface area (Å²) < 4.78 is 2.47. The number of benzene rings is 2. The molecule has 2 aromatic carbocycles. The van der Waals surface area contributed by atoms with Crippen molar-refractivity contribution in [1.82, 2.24) is 4.57 Å². The van der Waals surface area contributed by atoms with E-state index in [4.69, 9.17) is 0 Å². The zero-order valence-electron chi connectivity index (χ0n) is 18.4. The third-order valence-corrected chi connectivity index (χ3v) is 6.79. The molecule has 0 aliphatic heterocycles. The van der Waals surface area contributed by atoms with Crippen LogP contribution in [0.25, 0.3) is 5.69 Å². The third kappa shape index (κ3) is 4.19. The molecule has 0 fully saturated rings. The minimum atomic E-state index is -0.523. The molecule has 0 saturated heterocycles. The van der Waals surface area contributed by atoms with Crippen LogP contribution in [0.1, 0.15) is 70.1 Å². The van der Waals surface area contributed by atoms with Crippen molar-refractivity contribution in [3.05, 3.63) is 91.3 Å². The summed E-state index contributed by atoms with van der Waals surface area (Å²) in [5.41, 5.74) is 4.07. The molecular formula is C26H25BrN2O3. The number of nitrogens with zero attached hydrogens (tertiary/aromatic N) is 1. The van der Waals surface area contributed by atoms with Crippen molar-refractivity contribution < 1.29 is 9.59 Å². The molecule has 5 nitrogen and oxygen atoms in total. The van der Waals surface area contributed by atoms with Crippen molar-refractivity contribution in [2.75, 3.05) is 5.32 Å². The molecule has 0 atom stereocenters. The van der Waals surface area contributed by atoms with Crippen LogP contribution in [0.15, 0.2) is 57.8 Å². The average Bonchev–Trinajstić information content (AvgIpc) is 2.76. The van der Waals surface area contributed by atoms with Gasteiger partial charge in [0.15, 0.2) is 5.78 Å². The van der Waals surface area contributed by atoms with Gasteiger partial charge in [0, 0.05) is 33.5 Å². The summed E-state index contributed by atoms with van der Waals surface area (Å²) in [6.45, 7) is 6.14. The van der Waals surface area contributed by atoms with Gasteiger partial charge < -0.3 is 5.32 Å². The topological polar surface area (TPSA) is 68.2 Å². The van der Waals surface area contributed by atoms with E-state index in [2.05, 4.69) is 35.1 Å². The molecule has 1 aliphatic carbocycles. The van der Waals surface area contributed by atoms with E-state index in [1.54, 1.807) is 6.07 Å². The van der Waals surface area contributed by atoms with Gasteiger partial charge in [0.1, 0.15) is 5.56 Å². The average molecular weight is 493 g/mol. The zero-order chi connectivity index (χ0) is 23.0. The van der Waals surface area contributed by atoms with Gasteiger partial charge in [-0.15, -0.1) is 0 Å². The van der Waals surface area contributed by atoms with E-state index in [1.165, 1.54) is 10.6 Å². The Kier molecular flexibility index (Phi) is 6.15. The van der Waals surface area contributed by atoms with E-state index in [1.807, 2.05) is 43.3 Å². The number of ketones is 1. The van der Waals surface area contributed by atoms with Crippen molar-refractivity contribution in [1.29, 1.82) is 0 Å². The van der Waals surface area contributed by atoms with E-state index in [0.29, 0.717) is 47.8 Å². The number of hydrogen-bond acceptors (Lipinski definition) is 3. The summed E-state index contributed by atoms with van der Waals surface area (Å²) in [6.07, 6.45) is 1.74. The second kappa shape index (κ2) is 8.87. The minimum absolute atomic E-state index is 0.0347. The van der Waals surface area contributed by atoms with Crippen molar-refractivity contribution in [2.24, 2.45) is 0 Å². The van der Waals surface area contributed by atoms with Gasteiger partial charge >= 0.3 is 0 Å². The zero-order valence-corrected chi connectivity index (χ0v) is 20.0. The van der Waals surface area contributed by atoms with Crippen molar-refractivity contribution in [3.63, 3.8) is 0 Å². The van der Waals surface area contributed by atoms with Crippen LogP contribution in [0.2, 0.25) is 0 Å². The number of rotatable bonds is 4. The molecule has 32 heavy (non-hydrogen) atoms. The summed E-state index contributed by atoms with van der Waals surface area (Å²) in [5.74, 6) is -0.194. The fraction of sp³-hybridized carbons (Fsp3) is 0.269. The highest BCUT2D eigenvalue weighted by molar-refractivity contribution is 9.10. The molecular weight excluding hydrogens is 468 g/mol. The van der Waals surface area contributed by atoms with Crippen LogP contribution < -0.4 is 10.9 Å². The van der Waals surface area contributed by atoms with Crippen LogP contribution in [-0.2, 0) is 6.42 Å². The van der Waals surface area contributed by atoms with Gasteiger partial charge in [0.2, 0.25) is 0 Å². The first-order valence-electron chi connectivity index (χ1n) is 10.8. The molecule has 164 valence electrons. The lowest BCUT2D eigenvalue weighted by Crippen LogP contribution is -2.33. The Morgan fingerprint density at radius 2 is 1.75 bits per heavy atom. The quantitative estimate of drug-likeness (QED) is 0.499. The lowest BCUT2D eigenvalue weighted by molar-refractivity contribution is 0.0971. The van der Waals surface area contributed by atoms with E-state index < -0.39 is 11.5 Å². The summed E-state index contributed by atoms with van der Waals surface area (Å²) in [6, 6.07) is 14.7. The highest BCUT2D eigenvalue weighted by Gasteiger charge is 2.26. The van der Waals surface area contributed by atoms with Gasteiger partial charge in [-0.25, -0.2) is 0 Å². The lowest BCUT2D eigenvalue weighted by Gasteiger charge is -2.22. The molecule has 0 unspecified atom stereocenters. The number of aryl methyl sites for hydroxylation is 1. The fourth-order valence-electron chi connectivity index (χ4n) is 4.06. The smallest absolute Gasteiger partial charge is 0.268 e. The summed E-state index contributed by atoms with van der Waals surface area (Å²) >= 11 is 3.45. The largest absolute Gasteiger partial charge is 0.322 e. The fourth-order valence-corrected chi connectivity index (χ4v) is 4.30. The number of pyridine rings is 1. The number of anilines is 1. The normalized spacial score (nSPS) is 13.2. The molecule has 3 aromatic rings. The number of hydrogen-bond donors (Lipinski definition) is 1. The minimum Gasteiger partial charge on any atom is -0.322 e. The number of Topliss-reactive ketones (excluding diaryl/α,β-unsaturated/α-hetero) is 1. The SMILES string of the molecule is Cc1cc(NC(=O)c2cc3c(n(-c4ccc(C(C)C)cc4)c2=O)CCCC3=O)ccc1Br. The number of amides is 1. The molecule has 1 N–H and O–H groups in total. The maximum atomic E-state index is 13.5. The van der Waals surface area contributed by atoms with Crippen LogP contribution >= 0.6 is 15.9 Å². The predicted molar refractivity (Wildman–Crippen MR) is 130 cm³/mol. The first kappa shape index (κ1) is 22.2. The molecule has 1 amide bonds. The third-order valence-electron chi connectivity index (χ3n) is 5.90. The van der Waals surface area contributed by atoms with Crippen LogP contribution in [-0.4, -0.2) is 16.3 Å². The van der Waals surface area contributed by atoms with Gasteiger partial charge in [-0.1, -0.05) is 41.9 Å². The molecule has 1 aromatic heterocycles. The van der Waals surface area contributed by atoms with Gasteiger partial charge in [0.25, 0.3) is 11.5 Å². The van der Waals surface area contributed by atoms with Gasteiger partial charge in [-0.3, -0.25) is 19.0 Å². The number of nitrogens with one attached hydrogen (secondary N) is 1. The molecule has 0 saturated carbocycles. The van der Waals surface area contributed by atoms with Crippen LogP contribution in [0.3, 0.4) is 0 Å². The lowest BCUT2D eigenvalue weighted by atomic mass is 9.92. The van der Waals surface area contributed by atoms with Gasteiger partial charge in [-0.05, 0) is 73.2 Å². The highest BCUT2D eigenvalue weighted by atomic mass is 79.9. The maximum Gasteiger partial charge on any atom is 0.268 e. The van der Waals surface area contributed by atoms with Gasteiger partial charge in [0.05, 0.1) is 0 Å². The van der Waals surface area contributed by atoms with Crippen LogP contribution in [0.4, 0.5) is 5.69 Å². The first-order valence-corrected chi connectivity index (χ1v) is 11.6. The van der Waals surface area contributed by atoms with Crippen molar-refractivity contribution in [2.45, 2.75) is 46.0 Å². The standard InChI is InChI=1S/C26H25BrN2O3/c1-15(2)17-7-10-19(11-8-17)29-23-5-4-6-24(30)20(23)14-21(26(29)32)25(31)28-18-9-12-22(27)16(3)13-18/h7-15H,4-6H2,1-3H3,(H,28,31). The number of fused-ring (bicyclic) bond motifs is 1. The predicted octanol–water partition coefficient (Wildman–Crippen LogP) is 5.80. The Bertz CT molecular complexity index is 1270. The van der Waals surface area contributed by atoms with Crippen LogP contribution in [0.5, 0.6) is 0 Å². The molecule has 1 aliphatic rings. The Morgan fingerprint density at radius 1 is 1.03 bits per heavy atom. The Labute approximate surface area is 195 Å². The second-order valence-electron chi connectivity index (χ2n) is 8.50. The number of halogens is 1. The summed E-state index contributed by atoms with van der Waals surface area (Å²) in [4.78, 5) is 39.3. The maximum absolute atomic E-state index is 13.5. The number of aromatic nitrogens is 1. The molecule has 0 bridgehead atoms. The molecule has 4 rings (SSSR count). The van der Waals surface area contributed by atoms with Crippen molar-refractivity contribution in [3.8, 4) is 5.69 Å². The molecule has 0 spiro atoms. The Morgan fingerprint density at radius 3 is 2.41 bits per heavy atom. The van der Waals surface area contributed by atoms with E-state index in [-0.39, 0.29) is 11.3 Å². The highest BCUT2D eigenvalue weighted by Crippen LogP contribution is 2.25. The van der Waals surface area contributed by atoms with E-state index in [9.17, 15) is 14.4 Å². The van der Waals surface area contributed by atoms with E-state index >= 15 is 0 Å². The second-order valence-corrected chi connectivity index (χ2v) is 9.35. The molecule has 6 heteroatoms. The van der Waals surface area contributed by atoms with E-state index in [0.717, 1.165) is 15.6 Å². The van der Waals surface area contributed by atoms with Crippen LogP contribution in [0, 0.1) is 6.92 Å². The van der Waals surface area contributed by atoms with Crippen molar-refractivity contribution >= 4 is 33.3 Å². The number of carbonyl (C=O) groups is 2. The molecule has 1 heterocycles. The molecule has 0 radical (unpaired) electrons.